The molecule has 6 heteroatoms. The predicted octanol–water partition coefficient (Wildman–Crippen LogP) is 2.11. The maximum atomic E-state index is 12.6. The molecular weight excluding hydrogens is 282 g/mol. The molecular formula is C16H23N3O3. The number of nitrogens with one attached hydrogen (secondary N) is 1. The smallest absolute Gasteiger partial charge is 0.274 e. The summed E-state index contributed by atoms with van der Waals surface area (Å²) in [5, 5.41) is 2.86. The van der Waals surface area contributed by atoms with Crippen molar-refractivity contribution in [3.05, 3.63) is 17.8 Å². The number of primary amides is 1. The van der Waals surface area contributed by atoms with Crippen molar-refractivity contribution in [2.45, 2.75) is 63.8 Å². The van der Waals surface area contributed by atoms with Gasteiger partial charge in [-0.1, -0.05) is 13.8 Å². The molecule has 0 unspecified atom stereocenters. The number of hydrogen-bond acceptors (Lipinski definition) is 4. The van der Waals surface area contributed by atoms with Crippen molar-refractivity contribution in [3.63, 3.8) is 0 Å². The van der Waals surface area contributed by atoms with Crippen molar-refractivity contribution in [1.82, 2.24) is 10.3 Å². The van der Waals surface area contributed by atoms with Crippen LogP contribution in [-0.2, 0) is 4.79 Å². The Kier molecular flexibility index (Phi) is 3.50. The van der Waals surface area contributed by atoms with Gasteiger partial charge >= 0.3 is 0 Å². The third-order valence-electron chi connectivity index (χ3n) is 5.04. The zero-order valence-electron chi connectivity index (χ0n) is 13.1. The first kappa shape index (κ1) is 15.1. The maximum absolute atomic E-state index is 12.6. The van der Waals surface area contributed by atoms with Gasteiger partial charge in [0.1, 0.15) is 11.3 Å². The van der Waals surface area contributed by atoms with E-state index in [-0.39, 0.29) is 17.2 Å². The van der Waals surface area contributed by atoms with Crippen molar-refractivity contribution in [3.8, 4) is 0 Å². The Labute approximate surface area is 129 Å². The van der Waals surface area contributed by atoms with Crippen LogP contribution in [0.25, 0.3) is 0 Å². The van der Waals surface area contributed by atoms with E-state index >= 15 is 0 Å². The average molecular weight is 305 g/mol. The lowest BCUT2D eigenvalue weighted by atomic mass is 9.69. The van der Waals surface area contributed by atoms with E-state index in [1.54, 1.807) is 0 Å². The number of carbonyl (C=O) groups is 2. The van der Waals surface area contributed by atoms with Gasteiger partial charge in [-0.15, -0.1) is 0 Å². The Bertz CT molecular complexity index is 592. The highest BCUT2D eigenvalue weighted by atomic mass is 16.3. The minimum absolute atomic E-state index is 0.177. The van der Waals surface area contributed by atoms with Crippen LogP contribution in [0.1, 0.15) is 74.5 Å². The molecule has 3 N–H and O–H groups in total. The third kappa shape index (κ3) is 2.74. The van der Waals surface area contributed by atoms with E-state index in [4.69, 9.17) is 10.2 Å². The minimum atomic E-state index is -0.966. The molecule has 0 bridgehead atoms. The Morgan fingerprint density at radius 3 is 2.45 bits per heavy atom. The van der Waals surface area contributed by atoms with Gasteiger partial charge in [0.2, 0.25) is 5.91 Å². The summed E-state index contributed by atoms with van der Waals surface area (Å²) in [6, 6.07) is 0. The molecule has 0 atom stereocenters. The number of hydrogen-bond donors (Lipinski definition) is 2. The second-order valence-electron chi connectivity index (χ2n) is 7.40. The van der Waals surface area contributed by atoms with E-state index in [0.717, 1.165) is 25.7 Å². The van der Waals surface area contributed by atoms with Crippen LogP contribution in [0.3, 0.4) is 0 Å². The van der Waals surface area contributed by atoms with Crippen LogP contribution in [0.2, 0.25) is 0 Å². The second-order valence-corrected chi connectivity index (χ2v) is 7.40. The van der Waals surface area contributed by atoms with Crippen molar-refractivity contribution in [2.24, 2.45) is 11.1 Å². The van der Waals surface area contributed by atoms with Gasteiger partial charge in [-0.05, 0) is 43.9 Å². The maximum Gasteiger partial charge on any atom is 0.274 e. The van der Waals surface area contributed by atoms with Gasteiger partial charge in [-0.3, -0.25) is 9.59 Å². The molecule has 1 aromatic rings. The molecule has 0 aromatic carbocycles. The zero-order valence-corrected chi connectivity index (χ0v) is 13.1. The van der Waals surface area contributed by atoms with Gasteiger partial charge in [0, 0.05) is 5.92 Å². The van der Waals surface area contributed by atoms with Crippen LogP contribution in [0.5, 0.6) is 0 Å². The van der Waals surface area contributed by atoms with E-state index in [1.807, 2.05) is 0 Å². The van der Waals surface area contributed by atoms with E-state index < -0.39 is 11.4 Å². The van der Waals surface area contributed by atoms with Crippen LogP contribution >= 0.6 is 0 Å². The molecule has 2 amide bonds. The molecule has 120 valence electrons. The van der Waals surface area contributed by atoms with Crippen LogP contribution in [0.4, 0.5) is 0 Å². The molecule has 6 nitrogen and oxygen atoms in total. The summed E-state index contributed by atoms with van der Waals surface area (Å²) in [5.74, 6) is 0.105. The van der Waals surface area contributed by atoms with Crippen molar-refractivity contribution >= 4 is 11.8 Å². The summed E-state index contributed by atoms with van der Waals surface area (Å²) in [4.78, 5) is 28.6. The summed E-state index contributed by atoms with van der Waals surface area (Å²) in [7, 11) is 0. The highest BCUT2D eigenvalue weighted by Gasteiger charge is 2.45. The SMILES string of the molecule is CC1(C)CCC(NC(=O)c2ncoc2C2CC2)(C(N)=O)CC1. The van der Waals surface area contributed by atoms with E-state index in [1.165, 1.54) is 6.39 Å². The molecule has 2 aliphatic carbocycles. The fourth-order valence-electron chi connectivity index (χ4n) is 3.12. The Balaban J connectivity index is 1.78. The molecule has 0 spiro atoms. The van der Waals surface area contributed by atoms with Gasteiger partial charge in [0.15, 0.2) is 12.1 Å². The molecule has 0 radical (unpaired) electrons. The van der Waals surface area contributed by atoms with Gasteiger partial charge < -0.3 is 15.5 Å². The number of amides is 2. The summed E-state index contributed by atoms with van der Waals surface area (Å²) in [5.41, 5.74) is 5.12. The first-order valence-electron chi connectivity index (χ1n) is 7.89. The topological polar surface area (TPSA) is 98.2 Å². The molecule has 2 fully saturated rings. The van der Waals surface area contributed by atoms with Crippen LogP contribution in [0.15, 0.2) is 10.8 Å². The van der Waals surface area contributed by atoms with Crippen LogP contribution < -0.4 is 11.1 Å². The number of oxazole rings is 1. The largest absolute Gasteiger partial charge is 0.447 e. The zero-order chi connectivity index (χ0) is 16.0. The summed E-state index contributed by atoms with van der Waals surface area (Å²) in [6.45, 7) is 4.34. The molecule has 22 heavy (non-hydrogen) atoms. The molecule has 0 saturated heterocycles. The number of rotatable bonds is 4. The van der Waals surface area contributed by atoms with Crippen LogP contribution in [0, 0.1) is 5.41 Å². The van der Waals surface area contributed by atoms with Gasteiger partial charge in [-0.2, -0.15) is 0 Å². The predicted molar refractivity (Wildman–Crippen MR) is 80.1 cm³/mol. The Hall–Kier alpha value is -1.85. The fourth-order valence-corrected chi connectivity index (χ4v) is 3.12. The average Bonchev–Trinajstić information content (AvgIpc) is 3.18. The summed E-state index contributed by atoms with van der Waals surface area (Å²) < 4.78 is 5.34. The van der Waals surface area contributed by atoms with Crippen molar-refractivity contribution in [2.75, 3.05) is 0 Å². The normalized spacial score (nSPS) is 23.0. The quantitative estimate of drug-likeness (QED) is 0.890. The Morgan fingerprint density at radius 1 is 1.27 bits per heavy atom. The standard InChI is InChI=1S/C16H23N3O3/c1-15(2)5-7-16(8-6-15,14(17)21)19-13(20)11-12(10-3-4-10)22-9-18-11/h9-10H,3-8H2,1-2H3,(H2,17,21)(H,19,20). The lowest BCUT2D eigenvalue weighted by Crippen LogP contribution is -2.59. The third-order valence-corrected chi connectivity index (χ3v) is 5.04. The number of nitrogens with zero attached hydrogens (tertiary/aromatic N) is 1. The lowest BCUT2D eigenvalue weighted by molar-refractivity contribution is -0.126. The number of carbonyl (C=O) groups excluding carboxylic acids is 2. The number of nitrogens with two attached hydrogens (primary N) is 1. The van der Waals surface area contributed by atoms with Crippen molar-refractivity contribution in [1.29, 1.82) is 0 Å². The minimum Gasteiger partial charge on any atom is -0.447 e. The molecule has 2 aliphatic rings. The molecule has 2 saturated carbocycles. The molecule has 0 aliphatic heterocycles. The van der Waals surface area contributed by atoms with Gasteiger partial charge in [-0.25, -0.2) is 4.98 Å². The van der Waals surface area contributed by atoms with Crippen LogP contribution in [-0.4, -0.2) is 22.3 Å². The van der Waals surface area contributed by atoms with E-state index in [2.05, 4.69) is 24.1 Å². The summed E-state index contributed by atoms with van der Waals surface area (Å²) >= 11 is 0. The number of aromatic nitrogens is 1. The molecule has 1 aromatic heterocycles. The van der Waals surface area contributed by atoms with E-state index in [0.29, 0.717) is 24.3 Å². The lowest BCUT2D eigenvalue weighted by Gasteiger charge is -2.41. The van der Waals surface area contributed by atoms with Gasteiger partial charge in [0.25, 0.3) is 5.91 Å². The monoisotopic (exact) mass is 305 g/mol. The molecule has 1 heterocycles. The highest BCUT2D eigenvalue weighted by molar-refractivity contribution is 5.98. The Morgan fingerprint density at radius 2 is 1.91 bits per heavy atom. The first-order chi connectivity index (χ1) is 10.3. The highest BCUT2D eigenvalue weighted by Crippen LogP contribution is 2.42. The first-order valence-corrected chi connectivity index (χ1v) is 7.89. The fraction of sp³-hybridized carbons (Fsp3) is 0.688. The molecule has 3 rings (SSSR count). The van der Waals surface area contributed by atoms with Gasteiger partial charge in [0.05, 0.1) is 0 Å². The second kappa shape index (κ2) is 5.11. The van der Waals surface area contributed by atoms with E-state index in [9.17, 15) is 9.59 Å². The summed E-state index contributed by atoms with van der Waals surface area (Å²) in [6.07, 6.45) is 6.17. The van der Waals surface area contributed by atoms with Crippen molar-refractivity contribution < 1.29 is 14.0 Å².